The number of anilines is 4. The molecular weight excluding hydrogens is 552 g/mol. The normalized spacial score (nSPS) is 17.4. The quantitative estimate of drug-likeness (QED) is 0.296. The fourth-order valence-electron chi connectivity index (χ4n) is 5.77. The molecule has 0 saturated carbocycles. The highest BCUT2D eigenvalue weighted by molar-refractivity contribution is 7.90. The van der Waals surface area contributed by atoms with Crippen molar-refractivity contribution < 1.29 is 13.2 Å². The number of carbonyl (C=O) groups is 1. The van der Waals surface area contributed by atoms with Crippen LogP contribution in [0.5, 0.6) is 0 Å². The van der Waals surface area contributed by atoms with Gasteiger partial charge >= 0.3 is 0 Å². The SMILES string of the molecule is CN1CCN(C2CCN(C(=O)c3ccc(Nc4cc(Nc5ccccc5S(C)(=O)=O)c5cc[nH]c5n4)nc3)CC2)CC1. The number of piperidine rings is 1. The first-order valence-electron chi connectivity index (χ1n) is 14.2. The number of hydrogen-bond donors (Lipinski definition) is 3. The molecule has 1 aromatic carbocycles. The average molecular weight is 589 g/mol. The Labute approximate surface area is 245 Å². The lowest BCUT2D eigenvalue weighted by Crippen LogP contribution is -2.52. The van der Waals surface area contributed by atoms with Gasteiger partial charge in [-0.25, -0.2) is 18.4 Å². The second kappa shape index (κ2) is 11.7. The van der Waals surface area contributed by atoms with Crippen molar-refractivity contribution in [2.75, 3.05) is 63.2 Å². The zero-order chi connectivity index (χ0) is 29.3. The van der Waals surface area contributed by atoms with E-state index < -0.39 is 9.84 Å². The maximum absolute atomic E-state index is 13.2. The van der Waals surface area contributed by atoms with Gasteiger partial charge in [-0.1, -0.05) is 12.1 Å². The summed E-state index contributed by atoms with van der Waals surface area (Å²) in [5, 5.41) is 7.29. The molecule has 220 valence electrons. The summed E-state index contributed by atoms with van der Waals surface area (Å²) < 4.78 is 24.6. The largest absolute Gasteiger partial charge is 0.354 e. The number of pyridine rings is 2. The molecule has 0 bridgehead atoms. The lowest BCUT2D eigenvalue weighted by molar-refractivity contribution is 0.0518. The van der Waals surface area contributed by atoms with Gasteiger partial charge in [0.05, 0.1) is 21.8 Å². The van der Waals surface area contributed by atoms with Crippen LogP contribution >= 0.6 is 0 Å². The van der Waals surface area contributed by atoms with E-state index in [-0.39, 0.29) is 10.8 Å². The molecule has 3 N–H and O–H groups in total. The predicted octanol–water partition coefficient (Wildman–Crippen LogP) is 3.70. The summed E-state index contributed by atoms with van der Waals surface area (Å²) in [7, 11) is -1.26. The Balaban J connectivity index is 1.13. The van der Waals surface area contributed by atoms with E-state index in [4.69, 9.17) is 0 Å². The van der Waals surface area contributed by atoms with Crippen molar-refractivity contribution in [2.24, 2.45) is 0 Å². The third-order valence-corrected chi connectivity index (χ3v) is 9.31. The Kier molecular flexibility index (Phi) is 7.84. The van der Waals surface area contributed by atoms with E-state index >= 15 is 0 Å². The van der Waals surface area contributed by atoms with Gasteiger partial charge in [-0.2, -0.15) is 0 Å². The third kappa shape index (κ3) is 6.10. The van der Waals surface area contributed by atoms with Gasteiger partial charge in [-0.15, -0.1) is 0 Å². The molecular formula is C30H36N8O3S. The number of aromatic nitrogens is 3. The number of aromatic amines is 1. The minimum Gasteiger partial charge on any atom is -0.354 e. The van der Waals surface area contributed by atoms with Crippen LogP contribution in [0.3, 0.4) is 0 Å². The highest BCUT2D eigenvalue weighted by atomic mass is 32.2. The summed E-state index contributed by atoms with van der Waals surface area (Å²) in [6.07, 6.45) is 6.57. The lowest BCUT2D eigenvalue weighted by Gasteiger charge is -2.42. The molecule has 0 atom stereocenters. The number of fused-ring (bicyclic) bond motifs is 1. The van der Waals surface area contributed by atoms with Crippen molar-refractivity contribution in [2.45, 2.75) is 23.8 Å². The van der Waals surface area contributed by atoms with Crippen molar-refractivity contribution in [1.29, 1.82) is 0 Å². The smallest absolute Gasteiger partial charge is 0.255 e. The monoisotopic (exact) mass is 588 g/mol. The molecule has 0 aliphatic carbocycles. The summed E-state index contributed by atoms with van der Waals surface area (Å²) in [5.41, 5.74) is 2.36. The first kappa shape index (κ1) is 28.1. The van der Waals surface area contributed by atoms with Crippen LogP contribution in [0.2, 0.25) is 0 Å². The predicted molar refractivity (Wildman–Crippen MR) is 164 cm³/mol. The minimum absolute atomic E-state index is 0.00726. The molecule has 2 fully saturated rings. The minimum atomic E-state index is -3.43. The molecule has 6 rings (SSSR count). The summed E-state index contributed by atoms with van der Waals surface area (Å²) in [5.74, 6) is 1.07. The highest BCUT2D eigenvalue weighted by Crippen LogP contribution is 2.31. The van der Waals surface area contributed by atoms with Gasteiger partial charge in [0.15, 0.2) is 9.84 Å². The Hall–Kier alpha value is -4.00. The lowest BCUT2D eigenvalue weighted by atomic mass is 10.0. The van der Waals surface area contributed by atoms with E-state index in [0.717, 1.165) is 57.5 Å². The number of likely N-dealkylation sites (tertiary alicyclic amines) is 1. The van der Waals surface area contributed by atoms with Crippen molar-refractivity contribution in [3.8, 4) is 0 Å². The van der Waals surface area contributed by atoms with E-state index in [1.165, 1.54) is 6.26 Å². The maximum Gasteiger partial charge on any atom is 0.255 e. The van der Waals surface area contributed by atoms with Gasteiger partial charge in [-0.05, 0) is 50.2 Å². The number of benzene rings is 1. The molecule has 2 aliphatic heterocycles. The first-order valence-corrected chi connectivity index (χ1v) is 16.1. The number of rotatable bonds is 7. The Morgan fingerprint density at radius 3 is 2.40 bits per heavy atom. The maximum atomic E-state index is 13.2. The summed E-state index contributed by atoms with van der Waals surface area (Å²) in [6, 6.07) is 14.6. The summed E-state index contributed by atoms with van der Waals surface area (Å²) in [6.45, 7) is 5.93. The zero-order valence-electron chi connectivity index (χ0n) is 23.9. The molecule has 2 aliphatic rings. The molecule has 0 radical (unpaired) electrons. The molecule has 1 amide bonds. The fourth-order valence-corrected chi connectivity index (χ4v) is 6.62. The molecule has 42 heavy (non-hydrogen) atoms. The zero-order valence-corrected chi connectivity index (χ0v) is 24.7. The number of nitrogens with zero attached hydrogens (tertiary/aromatic N) is 5. The van der Waals surface area contributed by atoms with Crippen molar-refractivity contribution >= 4 is 49.8 Å². The third-order valence-electron chi connectivity index (χ3n) is 8.16. The number of likely N-dealkylation sites (N-methyl/N-ethyl adjacent to an activating group) is 1. The molecule has 4 aromatic rings. The van der Waals surface area contributed by atoms with Gasteiger partial charge in [0.1, 0.15) is 17.3 Å². The Morgan fingerprint density at radius 2 is 1.69 bits per heavy atom. The van der Waals surface area contributed by atoms with Gasteiger partial charge in [-0.3, -0.25) is 9.69 Å². The second-order valence-corrected chi connectivity index (χ2v) is 13.1. The molecule has 0 spiro atoms. The van der Waals surface area contributed by atoms with E-state index in [9.17, 15) is 13.2 Å². The van der Waals surface area contributed by atoms with Gasteiger partial charge in [0.25, 0.3) is 5.91 Å². The molecule has 3 aromatic heterocycles. The van der Waals surface area contributed by atoms with Crippen LogP contribution in [0.1, 0.15) is 23.2 Å². The molecule has 12 heteroatoms. The number of nitrogens with one attached hydrogen (secondary N) is 3. The number of H-pyrrole nitrogens is 1. The van der Waals surface area contributed by atoms with E-state index in [2.05, 4.69) is 42.4 Å². The number of carbonyl (C=O) groups excluding carboxylic acids is 1. The number of amides is 1. The number of sulfone groups is 1. The average Bonchev–Trinajstić information content (AvgIpc) is 3.47. The van der Waals surface area contributed by atoms with Crippen LogP contribution in [-0.2, 0) is 9.84 Å². The van der Waals surface area contributed by atoms with Crippen LogP contribution in [0.4, 0.5) is 23.0 Å². The van der Waals surface area contributed by atoms with E-state index in [1.807, 2.05) is 11.0 Å². The topological polar surface area (TPSA) is 127 Å². The van der Waals surface area contributed by atoms with Crippen molar-refractivity contribution in [3.63, 3.8) is 0 Å². The van der Waals surface area contributed by atoms with E-state index in [0.29, 0.717) is 40.3 Å². The molecule has 5 heterocycles. The Bertz CT molecular complexity index is 1670. The van der Waals surface area contributed by atoms with Crippen molar-refractivity contribution in [1.82, 2.24) is 29.7 Å². The van der Waals surface area contributed by atoms with Crippen LogP contribution in [0, 0.1) is 0 Å². The number of hydrogen-bond acceptors (Lipinski definition) is 9. The molecule has 2 saturated heterocycles. The van der Waals surface area contributed by atoms with Crippen molar-refractivity contribution in [3.05, 3.63) is 66.5 Å². The van der Waals surface area contributed by atoms with Gasteiger partial charge < -0.3 is 25.4 Å². The summed E-state index contributed by atoms with van der Waals surface area (Å²) in [4.78, 5) is 32.5. The number of para-hydroxylation sites is 1. The highest BCUT2D eigenvalue weighted by Gasteiger charge is 2.29. The first-order chi connectivity index (χ1) is 20.2. The van der Waals surface area contributed by atoms with Crippen LogP contribution < -0.4 is 10.6 Å². The number of piperazine rings is 1. The van der Waals surface area contributed by atoms with Crippen LogP contribution in [0.25, 0.3) is 11.0 Å². The second-order valence-electron chi connectivity index (χ2n) is 11.1. The summed E-state index contributed by atoms with van der Waals surface area (Å²) >= 11 is 0. The Morgan fingerprint density at radius 1 is 0.929 bits per heavy atom. The van der Waals surface area contributed by atoms with Crippen LogP contribution in [-0.4, -0.2) is 103 Å². The van der Waals surface area contributed by atoms with Crippen LogP contribution in [0.15, 0.2) is 65.8 Å². The van der Waals surface area contributed by atoms with E-state index in [1.54, 1.807) is 54.9 Å². The molecule has 0 unspecified atom stereocenters. The fraction of sp³-hybridized carbons (Fsp3) is 0.367. The van der Waals surface area contributed by atoms with Gasteiger partial charge in [0, 0.05) is 75.4 Å². The van der Waals surface area contributed by atoms with Gasteiger partial charge in [0.2, 0.25) is 0 Å². The molecule has 11 nitrogen and oxygen atoms in total. The standard InChI is InChI=1S/C30H36N8O3S/c1-36-15-17-37(18-16-36)22-10-13-38(14-11-22)30(39)21-7-8-27(32-20-21)34-28-19-25(23-9-12-31-29(23)35-28)33-24-5-3-4-6-26(24)42(2,40)41/h3-9,12,19-20,22H,10-11,13-18H2,1-2H3,(H3,31,32,33,34,35).